The van der Waals surface area contributed by atoms with Crippen LogP contribution in [-0.4, -0.2) is 56.4 Å². The number of urea groups is 1. The summed E-state index contributed by atoms with van der Waals surface area (Å²) in [4.78, 5) is 27.7. The van der Waals surface area contributed by atoms with Gasteiger partial charge in [-0.1, -0.05) is 6.07 Å². The van der Waals surface area contributed by atoms with Crippen molar-refractivity contribution >= 4 is 23.3 Å². The second-order valence-corrected chi connectivity index (χ2v) is 6.53. The van der Waals surface area contributed by atoms with Crippen molar-refractivity contribution in [3.63, 3.8) is 0 Å². The van der Waals surface area contributed by atoms with Crippen molar-refractivity contribution in [3.05, 3.63) is 33.7 Å². The Bertz CT molecular complexity index is 623. The molecule has 0 bridgehead atoms. The van der Waals surface area contributed by atoms with Gasteiger partial charge in [0.15, 0.2) is 0 Å². The number of nitrogens with one attached hydrogen (secondary N) is 2. The molecule has 2 N–H and O–H groups in total. The normalized spacial score (nSPS) is 22.0. The number of nitrogens with zero attached hydrogens (tertiary/aromatic N) is 1. The average Bonchev–Trinajstić information content (AvgIpc) is 3.10. The smallest absolute Gasteiger partial charge is 0.338 e. The van der Waals surface area contributed by atoms with Crippen molar-refractivity contribution in [2.75, 3.05) is 39.5 Å². The molecule has 8 heteroatoms. The molecule has 0 unspecified atom stereocenters. The zero-order valence-electron chi connectivity index (χ0n) is 13.5. The van der Waals surface area contributed by atoms with Crippen molar-refractivity contribution in [2.24, 2.45) is 0 Å². The molecule has 130 valence electrons. The summed E-state index contributed by atoms with van der Waals surface area (Å²) in [5, 5.41) is 7.55. The fourth-order valence-electron chi connectivity index (χ4n) is 2.84. The standard InChI is InChI=1S/C16H21N3O4S/c1-2-23-15(20)13-11(10-19-5-7-22-8-6-19)17-16(21)18-14(13)12-4-3-9-24-12/h3-4,9,14H,2,5-8,10H2,1H3,(H2,17,18,21)/t14-/m1/s1. The Morgan fingerprint density at radius 3 is 2.92 bits per heavy atom. The summed E-state index contributed by atoms with van der Waals surface area (Å²) >= 11 is 1.50. The third-order valence-corrected chi connectivity index (χ3v) is 4.90. The molecule has 2 aliphatic heterocycles. The van der Waals surface area contributed by atoms with E-state index in [0.29, 0.717) is 31.0 Å². The highest BCUT2D eigenvalue weighted by Crippen LogP contribution is 2.30. The van der Waals surface area contributed by atoms with Gasteiger partial charge in [-0.15, -0.1) is 11.3 Å². The molecule has 3 rings (SSSR count). The van der Waals surface area contributed by atoms with E-state index in [1.165, 1.54) is 11.3 Å². The van der Waals surface area contributed by atoms with Crippen LogP contribution >= 0.6 is 11.3 Å². The number of carbonyl (C=O) groups is 2. The van der Waals surface area contributed by atoms with Gasteiger partial charge in [0.25, 0.3) is 0 Å². The molecule has 1 saturated heterocycles. The highest BCUT2D eigenvalue weighted by Gasteiger charge is 2.34. The maximum Gasteiger partial charge on any atom is 0.338 e. The molecule has 0 spiro atoms. The van der Waals surface area contributed by atoms with Crippen LogP contribution in [0.3, 0.4) is 0 Å². The van der Waals surface area contributed by atoms with Gasteiger partial charge < -0.3 is 20.1 Å². The second-order valence-electron chi connectivity index (χ2n) is 5.55. The van der Waals surface area contributed by atoms with Crippen LogP contribution in [0.1, 0.15) is 17.8 Å². The van der Waals surface area contributed by atoms with Crippen molar-refractivity contribution in [3.8, 4) is 0 Å². The van der Waals surface area contributed by atoms with E-state index in [1.54, 1.807) is 6.92 Å². The van der Waals surface area contributed by atoms with E-state index >= 15 is 0 Å². The summed E-state index contributed by atoms with van der Waals surface area (Å²) < 4.78 is 10.6. The molecule has 0 aromatic carbocycles. The first kappa shape index (κ1) is 16.9. The summed E-state index contributed by atoms with van der Waals surface area (Å²) in [5.74, 6) is -0.397. The van der Waals surface area contributed by atoms with Crippen LogP contribution in [0.4, 0.5) is 4.79 Å². The van der Waals surface area contributed by atoms with E-state index in [1.807, 2.05) is 17.5 Å². The fourth-order valence-corrected chi connectivity index (χ4v) is 3.63. The summed E-state index contributed by atoms with van der Waals surface area (Å²) in [6, 6.07) is 3.03. The van der Waals surface area contributed by atoms with Crippen LogP contribution < -0.4 is 10.6 Å². The van der Waals surface area contributed by atoms with Gasteiger partial charge in [0.1, 0.15) is 0 Å². The Balaban J connectivity index is 1.93. The summed E-state index contributed by atoms with van der Waals surface area (Å²) in [7, 11) is 0. The topological polar surface area (TPSA) is 79.9 Å². The average molecular weight is 351 g/mol. The van der Waals surface area contributed by atoms with E-state index in [4.69, 9.17) is 9.47 Å². The molecule has 1 fully saturated rings. The molecular formula is C16H21N3O4S. The molecular weight excluding hydrogens is 330 g/mol. The van der Waals surface area contributed by atoms with Crippen molar-refractivity contribution < 1.29 is 19.1 Å². The van der Waals surface area contributed by atoms with Crippen LogP contribution in [0, 0.1) is 0 Å². The Morgan fingerprint density at radius 2 is 2.25 bits per heavy atom. The van der Waals surface area contributed by atoms with Gasteiger partial charge in [0.2, 0.25) is 0 Å². The molecule has 1 aromatic heterocycles. The molecule has 2 amide bonds. The minimum Gasteiger partial charge on any atom is -0.463 e. The Hall–Kier alpha value is -1.90. The largest absolute Gasteiger partial charge is 0.463 e. The SMILES string of the molecule is CCOC(=O)C1=C(CN2CCOCC2)NC(=O)N[C@@H]1c1cccs1. The highest BCUT2D eigenvalue weighted by atomic mass is 32.1. The van der Waals surface area contributed by atoms with Gasteiger partial charge in [0.05, 0.1) is 31.4 Å². The van der Waals surface area contributed by atoms with Gasteiger partial charge in [0, 0.05) is 30.2 Å². The first-order chi connectivity index (χ1) is 11.7. The van der Waals surface area contributed by atoms with Gasteiger partial charge in [-0.3, -0.25) is 4.90 Å². The minimum absolute atomic E-state index is 0.290. The highest BCUT2D eigenvalue weighted by molar-refractivity contribution is 7.10. The number of rotatable bonds is 5. The quantitative estimate of drug-likeness (QED) is 0.781. The summed E-state index contributed by atoms with van der Waals surface area (Å²) in [6.45, 7) is 5.41. The minimum atomic E-state index is -0.478. The van der Waals surface area contributed by atoms with Crippen LogP contribution in [0.25, 0.3) is 0 Å². The summed E-state index contributed by atoms with van der Waals surface area (Å²) in [5.41, 5.74) is 1.09. The molecule has 3 heterocycles. The third kappa shape index (κ3) is 3.77. The maximum absolute atomic E-state index is 12.6. The van der Waals surface area contributed by atoms with Gasteiger partial charge in [-0.25, -0.2) is 9.59 Å². The van der Waals surface area contributed by atoms with Crippen LogP contribution in [0.5, 0.6) is 0 Å². The predicted molar refractivity (Wildman–Crippen MR) is 89.6 cm³/mol. The Kier molecular flexibility index (Phi) is 5.49. The van der Waals surface area contributed by atoms with Crippen molar-refractivity contribution in [1.82, 2.24) is 15.5 Å². The number of carbonyl (C=O) groups excluding carboxylic acids is 2. The molecule has 0 saturated carbocycles. The zero-order valence-corrected chi connectivity index (χ0v) is 14.4. The maximum atomic E-state index is 12.6. The van der Waals surface area contributed by atoms with Crippen LogP contribution in [0.15, 0.2) is 28.8 Å². The number of hydrogen-bond acceptors (Lipinski definition) is 6. The Labute approximate surface area is 144 Å². The monoisotopic (exact) mass is 351 g/mol. The van der Waals surface area contributed by atoms with E-state index in [-0.39, 0.29) is 12.6 Å². The lowest BCUT2D eigenvalue weighted by Gasteiger charge is -2.32. The number of morpholine rings is 1. The van der Waals surface area contributed by atoms with E-state index in [0.717, 1.165) is 18.0 Å². The number of ether oxygens (including phenoxy) is 2. The molecule has 1 atom stereocenters. The van der Waals surface area contributed by atoms with Crippen LogP contribution in [0.2, 0.25) is 0 Å². The lowest BCUT2D eigenvalue weighted by atomic mass is 10.0. The van der Waals surface area contributed by atoms with Crippen LogP contribution in [-0.2, 0) is 14.3 Å². The van der Waals surface area contributed by atoms with Gasteiger partial charge in [-0.05, 0) is 18.4 Å². The fraction of sp³-hybridized carbons (Fsp3) is 0.500. The first-order valence-corrected chi connectivity index (χ1v) is 8.88. The predicted octanol–water partition coefficient (Wildman–Crippen LogP) is 1.25. The first-order valence-electron chi connectivity index (χ1n) is 8.00. The molecule has 1 aromatic rings. The lowest BCUT2D eigenvalue weighted by molar-refractivity contribution is -0.139. The lowest BCUT2D eigenvalue weighted by Crippen LogP contribution is -2.49. The second kappa shape index (κ2) is 7.78. The van der Waals surface area contributed by atoms with Crippen molar-refractivity contribution in [1.29, 1.82) is 0 Å². The molecule has 7 nitrogen and oxygen atoms in total. The number of thiophene rings is 1. The van der Waals surface area contributed by atoms with Gasteiger partial charge >= 0.3 is 12.0 Å². The van der Waals surface area contributed by atoms with E-state index < -0.39 is 12.0 Å². The summed E-state index contributed by atoms with van der Waals surface area (Å²) in [6.07, 6.45) is 0. The van der Waals surface area contributed by atoms with E-state index in [9.17, 15) is 9.59 Å². The molecule has 2 aliphatic rings. The number of amides is 2. The molecule has 24 heavy (non-hydrogen) atoms. The van der Waals surface area contributed by atoms with Crippen molar-refractivity contribution in [2.45, 2.75) is 13.0 Å². The zero-order chi connectivity index (χ0) is 16.9. The van der Waals surface area contributed by atoms with Gasteiger partial charge in [-0.2, -0.15) is 0 Å². The number of esters is 1. The third-order valence-electron chi connectivity index (χ3n) is 3.96. The van der Waals surface area contributed by atoms with E-state index in [2.05, 4.69) is 15.5 Å². The Morgan fingerprint density at radius 1 is 1.46 bits per heavy atom. The molecule has 0 radical (unpaired) electrons. The molecule has 0 aliphatic carbocycles. The number of hydrogen-bond donors (Lipinski definition) is 2.